The monoisotopic (exact) mass is 379 g/mol. The van der Waals surface area contributed by atoms with Crippen LogP contribution in [-0.2, 0) is 0 Å². The largest absolute Gasteiger partial charge is 0.269 e. The number of benzene rings is 2. The molecule has 0 fully saturated rings. The summed E-state index contributed by atoms with van der Waals surface area (Å²) in [7, 11) is 0. The third-order valence-electron chi connectivity index (χ3n) is 4.67. The fraction of sp³-hybridized carbons (Fsp3) is 0.300. The summed E-state index contributed by atoms with van der Waals surface area (Å²) in [5.41, 5.74) is -0.738. The summed E-state index contributed by atoms with van der Waals surface area (Å²) in [5, 5.41) is 0. The predicted molar refractivity (Wildman–Crippen MR) is 92.0 cm³/mol. The van der Waals surface area contributed by atoms with Crippen LogP contribution >= 0.6 is 0 Å². The fourth-order valence-electron chi connectivity index (χ4n) is 3.32. The van der Waals surface area contributed by atoms with Gasteiger partial charge in [0, 0.05) is 0 Å². The molecule has 3 nitrogen and oxygen atoms in total. The lowest BCUT2D eigenvalue weighted by atomic mass is 9.92. The van der Waals surface area contributed by atoms with Gasteiger partial charge in [-0.15, -0.1) is 0 Å². The molecule has 2 amide bonds. The molecule has 0 atom stereocenters. The van der Waals surface area contributed by atoms with E-state index in [0.29, 0.717) is 16.0 Å². The number of rotatable bonds is 3. The van der Waals surface area contributed by atoms with E-state index in [-0.39, 0.29) is 17.5 Å². The lowest BCUT2D eigenvalue weighted by molar-refractivity contribution is 0.0923. The molecule has 1 aliphatic rings. The molecule has 0 saturated heterocycles. The van der Waals surface area contributed by atoms with Crippen LogP contribution < -0.4 is 4.90 Å². The van der Waals surface area contributed by atoms with E-state index in [1.807, 2.05) is 27.7 Å². The highest BCUT2D eigenvalue weighted by Gasteiger charge is 2.46. The van der Waals surface area contributed by atoms with Gasteiger partial charge in [-0.2, -0.15) is 0 Å². The van der Waals surface area contributed by atoms with Crippen LogP contribution in [0.25, 0.3) is 0 Å². The zero-order chi connectivity index (χ0) is 20.2. The van der Waals surface area contributed by atoms with Gasteiger partial charge >= 0.3 is 0 Å². The van der Waals surface area contributed by atoms with Crippen LogP contribution in [0.5, 0.6) is 0 Å². The summed E-state index contributed by atoms with van der Waals surface area (Å²) < 4.78 is 55.6. The van der Waals surface area contributed by atoms with Crippen LogP contribution in [0, 0.1) is 23.3 Å². The normalized spacial score (nSPS) is 13.9. The summed E-state index contributed by atoms with van der Waals surface area (Å²) in [6.07, 6.45) is 0. The number of fused-ring (bicyclic) bond motifs is 1. The summed E-state index contributed by atoms with van der Waals surface area (Å²) in [4.78, 5) is 26.2. The van der Waals surface area contributed by atoms with Crippen LogP contribution in [0.1, 0.15) is 71.4 Å². The molecular formula is C20H17F4NO2. The van der Waals surface area contributed by atoms with Crippen molar-refractivity contribution in [1.82, 2.24) is 0 Å². The predicted octanol–water partition coefficient (Wildman–Crippen LogP) is 5.29. The van der Waals surface area contributed by atoms with Gasteiger partial charge in [-0.1, -0.05) is 45.9 Å². The number of hydrogen-bond acceptors (Lipinski definition) is 2. The molecule has 0 aromatic heterocycles. The molecule has 2 aromatic rings. The Kier molecular flexibility index (Phi) is 4.57. The van der Waals surface area contributed by atoms with Crippen LogP contribution in [-0.4, -0.2) is 11.8 Å². The van der Waals surface area contributed by atoms with E-state index in [0.717, 1.165) is 0 Å². The lowest BCUT2D eigenvalue weighted by Gasteiger charge is -2.25. The van der Waals surface area contributed by atoms with E-state index in [1.54, 1.807) is 18.2 Å². The topological polar surface area (TPSA) is 37.4 Å². The highest BCUT2D eigenvalue weighted by molar-refractivity contribution is 6.35. The molecule has 142 valence electrons. The van der Waals surface area contributed by atoms with Crippen molar-refractivity contribution in [2.24, 2.45) is 0 Å². The van der Waals surface area contributed by atoms with Crippen molar-refractivity contribution in [2.45, 2.75) is 39.5 Å². The van der Waals surface area contributed by atoms with Gasteiger partial charge in [-0.3, -0.25) is 9.59 Å². The summed E-state index contributed by atoms with van der Waals surface area (Å²) in [5.74, 6) is -10.6. The Morgan fingerprint density at radius 3 is 1.41 bits per heavy atom. The van der Waals surface area contributed by atoms with Gasteiger partial charge < -0.3 is 0 Å². The SMILES string of the molecule is CC(C)c1cccc(C(C)C)c1N1C(=O)c2c(F)c(F)c(F)c(F)c2C1=O. The van der Waals surface area contributed by atoms with Crippen LogP contribution in [0.15, 0.2) is 18.2 Å². The van der Waals surface area contributed by atoms with E-state index in [2.05, 4.69) is 0 Å². The summed E-state index contributed by atoms with van der Waals surface area (Å²) >= 11 is 0. The average Bonchev–Trinajstić information content (AvgIpc) is 2.87. The molecular weight excluding hydrogens is 362 g/mol. The number of nitrogens with zero attached hydrogens (tertiary/aromatic N) is 1. The van der Waals surface area contributed by atoms with Gasteiger partial charge in [0.05, 0.1) is 16.8 Å². The van der Waals surface area contributed by atoms with E-state index < -0.39 is 46.2 Å². The van der Waals surface area contributed by atoms with E-state index in [9.17, 15) is 27.2 Å². The summed E-state index contributed by atoms with van der Waals surface area (Å²) in [6.45, 7) is 7.34. The van der Waals surface area contributed by atoms with Gasteiger partial charge in [0.15, 0.2) is 23.3 Å². The maximum atomic E-state index is 14.2. The molecule has 27 heavy (non-hydrogen) atoms. The molecule has 7 heteroatoms. The Morgan fingerprint density at radius 2 is 1.07 bits per heavy atom. The van der Waals surface area contributed by atoms with Gasteiger partial charge in [-0.25, -0.2) is 22.5 Å². The number of imide groups is 1. The quantitative estimate of drug-likeness (QED) is 0.314. The second-order valence-corrected chi connectivity index (χ2v) is 7.05. The highest BCUT2D eigenvalue weighted by Crippen LogP contribution is 2.41. The van der Waals surface area contributed by atoms with Crippen molar-refractivity contribution in [3.8, 4) is 0 Å². The van der Waals surface area contributed by atoms with E-state index in [4.69, 9.17) is 0 Å². The van der Waals surface area contributed by atoms with E-state index >= 15 is 0 Å². The van der Waals surface area contributed by atoms with Crippen molar-refractivity contribution in [3.05, 3.63) is 63.7 Å². The minimum Gasteiger partial charge on any atom is -0.268 e. The molecule has 0 bridgehead atoms. The first kappa shape index (κ1) is 19.1. The number of carbonyl (C=O) groups is 2. The smallest absolute Gasteiger partial charge is 0.268 e. The lowest BCUT2D eigenvalue weighted by Crippen LogP contribution is -2.32. The Morgan fingerprint density at radius 1 is 0.704 bits per heavy atom. The van der Waals surface area contributed by atoms with Gasteiger partial charge in [0.2, 0.25) is 0 Å². The molecule has 0 radical (unpaired) electrons. The number of halogens is 4. The van der Waals surface area contributed by atoms with Crippen LogP contribution in [0.4, 0.5) is 23.2 Å². The second kappa shape index (κ2) is 6.48. The first-order valence-corrected chi connectivity index (χ1v) is 8.47. The molecule has 0 aliphatic carbocycles. The minimum absolute atomic E-state index is 0.119. The molecule has 1 heterocycles. The van der Waals surface area contributed by atoms with Crippen molar-refractivity contribution >= 4 is 17.5 Å². The van der Waals surface area contributed by atoms with E-state index in [1.165, 1.54) is 0 Å². The Balaban J connectivity index is 2.34. The molecule has 0 unspecified atom stereocenters. The first-order chi connectivity index (χ1) is 12.6. The third-order valence-corrected chi connectivity index (χ3v) is 4.67. The van der Waals surface area contributed by atoms with Crippen molar-refractivity contribution in [2.75, 3.05) is 4.90 Å². The molecule has 0 spiro atoms. The Hall–Kier alpha value is -2.70. The van der Waals surface area contributed by atoms with Crippen molar-refractivity contribution in [3.63, 3.8) is 0 Å². The number of carbonyl (C=O) groups excluding carboxylic acids is 2. The third kappa shape index (κ3) is 2.64. The maximum Gasteiger partial charge on any atom is 0.269 e. The standard InChI is InChI=1S/C20H17F4NO2/c1-8(2)10-6-5-7-11(9(3)4)18(10)25-19(26)12-13(20(25)27)15(22)17(24)16(23)14(12)21/h5-9H,1-4H3. The molecule has 2 aromatic carbocycles. The molecule has 0 N–H and O–H groups in total. The zero-order valence-corrected chi connectivity index (χ0v) is 15.2. The molecule has 1 aliphatic heterocycles. The van der Waals surface area contributed by atoms with Gasteiger partial charge in [0.25, 0.3) is 11.8 Å². The highest BCUT2D eigenvalue weighted by atomic mass is 19.2. The summed E-state index contributed by atoms with van der Waals surface area (Å²) in [6, 6.07) is 5.15. The van der Waals surface area contributed by atoms with Gasteiger partial charge in [0.1, 0.15) is 0 Å². The molecule has 0 saturated carbocycles. The first-order valence-electron chi connectivity index (χ1n) is 8.47. The van der Waals surface area contributed by atoms with Gasteiger partial charge in [-0.05, 0) is 23.0 Å². The Labute approximate surface area is 153 Å². The maximum absolute atomic E-state index is 14.2. The van der Waals surface area contributed by atoms with Crippen molar-refractivity contribution < 1.29 is 27.2 Å². The van der Waals surface area contributed by atoms with Crippen LogP contribution in [0.2, 0.25) is 0 Å². The average molecular weight is 379 g/mol. The molecule has 3 rings (SSSR count). The zero-order valence-electron chi connectivity index (χ0n) is 15.2. The second-order valence-electron chi connectivity index (χ2n) is 7.05. The number of hydrogen-bond donors (Lipinski definition) is 0. The fourth-order valence-corrected chi connectivity index (χ4v) is 3.32. The number of para-hydroxylation sites is 1. The number of amides is 2. The minimum atomic E-state index is -2.12. The van der Waals surface area contributed by atoms with Crippen molar-refractivity contribution in [1.29, 1.82) is 0 Å². The van der Waals surface area contributed by atoms with Crippen LogP contribution in [0.3, 0.4) is 0 Å². The Bertz CT molecular complexity index is 909. The number of anilines is 1.